The van der Waals surface area contributed by atoms with Crippen molar-refractivity contribution in [2.75, 3.05) is 11.9 Å². The van der Waals surface area contributed by atoms with Crippen molar-refractivity contribution in [2.24, 2.45) is 0 Å². The highest BCUT2D eigenvalue weighted by molar-refractivity contribution is 7.89. The van der Waals surface area contributed by atoms with Crippen molar-refractivity contribution < 1.29 is 17.6 Å². The largest absolute Gasteiger partial charge is 0.279 e. The molecule has 0 N–H and O–H groups in total. The van der Waals surface area contributed by atoms with Crippen LogP contribution in [0.1, 0.15) is 29.8 Å². The maximum atomic E-state index is 13.7. The minimum absolute atomic E-state index is 0.116. The average Bonchev–Trinajstić information content (AvgIpc) is 3.25. The van der Waals surface area contributed by atoms with Crippen LogP contribution >= 0.6 is 11.3 Å². The van der Waals surface area contributed by atoms with Crippen molar-refractivity contribution >= 4 is 42.6 Å². The number of benzene rings is 3. The molecule has 1 aromatic heterocycles. The Kier molecular flexibility index (Phi) is 6.79. The number of thiazole rings is 1. The zero-order valence-corrected chi connectivity index (χ0v) is 20.6. The minimum Gasteiger partial charge on any atom is -0.279 e. The third-order valence-corrected chi connectivity index (χ3v) is 8.59. The van der Waals surface area contributed by atoms with Gasteiger partial charge in [-0.1, -0.05) is 41.7 Å². The number of fused-ring (bicyclic) bond motifs is 1. The molecule has 0 radical (unpaired) electrons. The summed E-state index contributed by atoms with van der Waals surface area (Å²) in [7, 11) is -2.14. The van der Waals surface area contributed by atoms with Crippen LogP contribution in [0.3, 0.4) is 0 Å². The van der Waals surface area contributed by atoms with Crippen LogP contribution in [0, 0.1) is 5.82 Å². The molecule has 0 fully saturated rings. The molecule has 4 aromatic rings. The molecule has 0 atom stereocenters. The normalized spacial score (nSPS) is 11.9. The van der Waals surface area contributed by atoms with Gasteiger partial charge in [-0.05, 0) is 61.9 Å². The first kappa shape index (κ1) is 24.0. The third-order valence-electron chi connectivity index (χ3n) is 5.50. The number of carbonyl (C=O) groups excluding carboxylic acids is 1. The van der Waals surface area contributed by atoms with E-state index in [1.807, 2.05) is 30.3 Å². The molecule has 4 rings (SSSR count). The van der Waals surface area contributed by atoms with Crippen LogP contribution in [-0.4, -0.2) is 36.7 Å². The number of rotatable bonds is 7. The summed E-state index contributed by atoms with van der Waals surface area (Å²) in [4.78, 5) is 19.8. The van der Waals surface area contributed by atoms with Crippen LogP contribution in [0.2, 0.25) is 0 Å². The van der Waals surface area contributed by atoms with E-state index in [1.54, 1.807) is 19.9 Å². The summed E-state index contributed by atoms with van der Waals surface area (Å²) in [6.07, 6.45) is 0. The second-order valence-electron chi connectivity index (χ2n) is 8.12. The van der Waals surface area contributed by atoms with Crippen molar-refractivity contribution in [3.8, 4) is 0 Å². The molecule has 0 aliphatic heterocycles. The Morgan fingerprint density at radius 2 is 1.71 bits per heavy atom. The van der Waals surface area contributed by atoms with E-state index in [0.29, 0.717) is 20.9 Å². The molecule has 6 nitrogen and oxygen atoms in total. The van der Waals surface area contributed by atoms with Crippen molar-refractivity contribution in [3.05, 3.63) is 89.7 Å². The molecule has 0 saturated carbocycles. The van der Waals surface area contributed by atoms with Crippen LogP contribution in [0.15, 0.2) is 77.7 Å². The smallest absolute Gasteiger partial charge is 0.260 e. The Hall–Kier alpha value is -3.14. The van der Waals surface area contributed by atoms with Crippen molar-refractivity contribution in [2.45, 2.75) is 31.3 Å². The number of nitrogens with zero attached hydrogens (tertiary/aromatic N) is 3. The molecule has 3 aromatic carbocycles. The minimum atomic E-state index is -3.66. The van der Waals surface area contributed by atoms with E-state index in [1.165, 1.54) is 64.0 Å². The molecule has 1 amide bonds. The lowest BCUT2D eigenvalue weighted by atomic mass is 10.1. The second-order valence-corrected chi connectivity index (χ2v) is 11.1. The van der Waals surface area contributed by atoms with Gasteiger partial charge in [0.25, 0.3) is 5.91 Å². The van der Waals surface area contributed by atoms with Crippen LogP contribution < -0.4 is 4.90 Å². The van der Waals surface area contributed by atoms with Crippen LogP contribution in [-0.2, 0) is 16.6 Å². The Balaban J connectivity index is 1.70. The number of aromatic nitrogens is 1. The lowest BCUT2D eigenvalue weighted by Crippen LogP contribution is -2.33. The predicted octanol–water partition coefficient (Wildman–Crippen LogP) is 5.31. The van der Waals surface area contributed by atoms with Crippen LogP contribution in [0.25, 0.3) is 10.2 Å². The maximum Gasteiger partial charge on any atom is 0.260 e. The van der Waals surface area contributed by atoms with Gasteiger partial charge in [-0.25, -0.2) is 17.8 Å². The summed E-state index contributed by atoms with van der Waals surface area (Å²) in [5.41, 5.74) is 1.83. The summed E-state index contributed by atoms with van der Waals surface area (Å²) in [5, 5.41) is 0.436. The highest BCUT2D eigenvalue weighted by Crippen LogP contribution is 2.31. The predicted molar refractivity (Wildman–Crippen MR) is 133 cm³/mol. The zero-order chi connectivity index (χ0) is 24.5. The number of halogens is 1. The lowest BCUT2D eigenvalue weighted by molar-refractivity contribution is 0.0985. The Bertz CT molecular complexity index is 1420. The molecular formula is C25H24FN3O3S2. The molecule has 34 heavy (non-hydrogen) atoms. The molecule has 1 heterocycles. The summed E-state index contributed by atoms with van der Waals surface area (Å²) in [5.74, 6) is -0.698. The highest BCUT2D eigenvalue weighted by atomic mass is 32.2. The fraction of sp³-hybridized carbons (Fsp3) is 0.200. The molecule has 0 unspecified atom stereocenters. The number of hydrogen-bond donors (Lipinski definition) is 0. The topological polar surface area (TPSA) is 70.6 Å². The first-order valence-corrected chi connectivity index (χ1v) is 12.9. The van der Waals surface area contributed by atoms with E-state index in [9.17, 15) is 17.6 Å². The average molecular weight is 498 g/mol. The van der Waals surface area contributed by atoms with Crippen LogP contribution in [0.5, 0.6) is 0 Å². The van der Waals surface area contributed by atoms with Gasteiger partial charge in [0.1, 0.15) is 5.82 Å². The van der Waals surface area contributed by atoms with E-state index in [-0.39, 0.29) is 29.2 Å². The standard InChI is InChI=1S/C25H24FN3O3S2/c1-17(2)28(3)34(31,32)21-12-9-19(10-13-21)24(30)29(16-18-7-5-4-6-8-18)25-27-22-14-11-20(26)15-23(22)33-25/h4-15,17H,16H2,1-3H3. The van der Waals surface area contributed by atoms with E-state index in [0.717, 1.165) is 5.56 Å². The number of carbonyl (C=O) groups is 1. The summed E-state index contributed by atoms with van der Waals surface area (Å²) in [6, 6.07) is 19.5. The van der Waals surface area contributed by atoms with Gasteiger partial charge >= 0.3 is 0 Å². The summed E-state index contributed by atoms with van der Waals surface area (Å²) < 4.78 is 41.2. The van der Waals surface area contributed by atoms with E-state index in [2.05, 4.69) is 4.98 Å². The fourth-order valence-electron chi connectivity index (χ4n) is 3.36. The zero-order valence-electron chi connectivity index (χ0n) is 19.0. The molecule has 9 heteroatoms. The number of hydrogen-bond acceptors (Lipinski definition) is 5. The fourth-order valence-corrected chi connectivity index (χ4v) is 5.72. The monoisotopic (exact) mass is 497 g/mol. The van der Waals surface area contributed by atoms with Gasteiger partial charge in [0, 0.05) is 18.7 Å². The van der Waals surface area contributed by atoms with Gasteiger partial charge in [0.2, 0.25) is 10.0 Å². The molecule has 0 aliphatic rings. The summed E-state index contributed by atoms with van der Waals surface area (Å²) >= 11 is 1.23. The number of anilines is 1. The Morgan fingerprint density at radius 1 is 1.03 bits per heavy atom. The van der Waals surface area contributed by atoms with Crippen molar-refractivity contribution in [3.63, 3.8) is 0 Å². The SMILES string of the molecule is CC(C)N(C)S(=O)(=O)c1ccc(C(=O)N(Cc2ccccc2)c2nc3ccc(F)cc3s2)cc1. The van der Waals surface area contributed by atoms with Gasteiger partial charge < -0.3 is 0 Å². The summed E-state index contributed by atoms with van der Waals surface area (Å²) in [6.45, 7) is 3.85. The van der Waals surface area contributed by atoms with Gasteiger partial charge in [-0.3, -0.25) is 9.69 Å². The highest BCUT2D eigenvalue weighted by Gasteiger charge is 2.25. The van der Waals surface area contributed by atoms with Gasteiger partial charge in [0.15, 0.2) is 5.13 Å². The Labute approximate surface area is 202 Å². The quantitative estimate of drug-likeness (QED) is 0.347. The molecule has 0 saturated heterocycles. The molecule has 176 valence electrons. The van der Waals surface area contributed by atoms with E-state index < -0.39 is 10.0 Å². The number of sulfonamides is 1. The number of amides is 1. The first-order valence-electron chi connectivity index (χ1n) is 10.7. The second kappa shape index (κ2) is 9.61. The van der Waals surface area contributed by atoms with Crippen molar-refractivity contribution in [1.29, 1.82) is 0 Å². The van der Waals surface area contributed by atoms with Gasteiger partial charge in [-0.2, -0.15) is 4.31 Å². The maximum absolute atomic E-state index is 13.7. The first-order chi connectivity index (χ1) is 16.2. The molecule has 0 aliphatic carbocycles. The van der Waals surface area contributed by atoms with Crippen molar-refractivity contribution in [1.82, 2.24) is 9.29 Å². The lowest BCUT2D eigenvalue weighted by Gasteiger charge is -2.22. The van der Waals surface area contributed by atoms with Crippen LogP contribution in [0.4, 0.5) is 9.52 Å². The molecule has 0 bridgehead atoms. The van der Waals surface area contributed by atoms with E-state index in [4.69, 9.17) is 0 Å². The third kappa shape index (κ3) is 4.86. The Morgan fingerprint density at radius 3 is 2.35 bits per heavy atom. The van der Waals surface area contributed by atoms with Gasteiger partial charge in [-0.15, -0.1) is 0 Å². The van der Waals surface area contributed by atoms with E-state index >= 15 is 0 Å². The molecule has 0 spiro atoms. The molecular weight excluding hydrogens is 473 g/mol. The van der Waals surface area contributed by atoms with Gasteiger partial charge in [0.05, 0.1) is 21.7 Å².